The molecule has 0 saturated carbocycles. The first-order valence-corrected chi connectivity index (χ1v) is 9.40. The van der Waals surface area contributed by atoms with Crippen LogP contribution in [0.3, 0.4) is 0 Å². The average molecular weight is 415 g/mol. The van der Waals surface area contributed by atoms with Crippen molar-refractivity contribution < 1.29 is 19.5 Å². The second-order valence-corrected chi connectivity index (χ2v) is 6.84. The maximum atomic E-state index is 12.1. The zero-order valence-corrected chi connectivity index (χ0v) is 16.8. The Hall–Kier alpha value is -4.39. The highest BCUT2D eigenvalue weighted by Gasteiger charge is 2.11. The molecule has 7 heteroatoms. The van der Waals surface area contributed by atoms with Crippen LogP contribution in [0.15, 0.2) is 85.1 Å². The molecule has 0 aromatic heterocycles. The number of carboxylic acids is 1. The number of carboxylic acid groups (broad SMARTS) is 1. The third-order valence-electron chi connectivity index (χ3n) is 4.46. The molecule has 31 heavy (non-hydrogen) atoms. The van der Waals surface area contributed by atoms with Gasteiger partial charge in [-0.2, -0.15) is 0 Å². The van der Waals surface area contributed by atoms with Gasteiger partial charge in [0.15, 0.2) is 0 Å². The highest BCUT2D eigenvalue weighted by Crippen LogP contribution is 2.22. The molecule has 0 atom stereocenters. The van der Waals surface area contributed by atoms with Gasteiger partial charge in [-0.05, 0) is 54.4 Å². The fourth-order valence-electron chi connectivity index (χ4n) is 2.75. The molecule has 3 rings (SSSR count). The standard InChI is InChI=1S/C24H21N3O4/c1-15-3-11-20(12-4-15)26-24(31)27-21-13-9-18(10-14-21)17-5-7-19(8-6-17)22(28)25-16(2)23(29)30/h3-14H,2H2,1H3,(H,25,28)(H,29,30)(H2,26,27,31). The summed E-state index contributed by atoms with van der Waals surface area (Å²) in [6, 6.07) is 21.1. The summed E-state index contributed by atoms with van der Waals surface area (Å²) >= 11 is 0. The Labute approximate surface area is 179 Å². The number of nitrogens with one attached hydrogen (secondary N) is 3. The van der Waals surface area contributed by atoms with Gasteiger partial charge in [0.25, 0.3) is 5.91 Å². The number of anilines is 2. The van der Waals surface area contributed by atoms with Crippen LogP contribution in [0.5, 0.6) is 0 Å². The van der Waals surface area contributed by atoms with E-state index in [1.54, 1.807) is 36.4 Å². The Balaban J connectivity index is 1.61. The predicted molar refractivity (Wildman–Crippen MR) is 120 cm³/mol. The number of hydrogen-bond acceptors (Lipinski definition) is 3. The molecule has 0 aliphatic carbocycles. The quantitative estimate of drug-likeness (QED) is 0.440. The number of amides is 3. The highest BCUT2D eigenvalue weighted by molar-refractivity contribution is 6.01. The number of aliphatic carboxylic acids is 1. The Morgan fingerprint density at radius 2 is 1.19 bits per heavy atom. The van der Waals surface area contributed by atoms with Crippen molar-refractivity contribution in [3.05, 3.63) is 96.2 Å². The maximum Gasteiger partial charge on any atom is 0.351 e. The molecule has 0 spiro atoms. The molecular weight excluding hydrogens is 394 g/mol. The van der Waals surface area contributed by atoms with E-state index >= 15 is 0 Å². The third-order valence-corrected chi connectivity index (χ3v) is 4.46. The van der Waals surface area contributed by atoms with Gasteiger partial charge in [-0.15, -0.1) is 0 Å². The number of hydrogen-bond donors (Lipinski definition) is 4. The highest BCUT2D eigenvalue weighted by atomic mass is 16.4. The van der Waals surface area contributed by atoms with Gasteiger partial charge in [0, 0.05) is 16.9 Å². The monoisotopic (exact) mass is 415 g/mol. The second-order valence-electron chi connectivity index (χ2n) is 6.84. The normalized spacial score (nSPS) is 10.1. The lowest BCUT2D eigenvalue weighted by Crippen LogP contribution is -2.26. The molecule has 7 nitrogen and oxygen atoms in total. The first-order chi connectivity index (χ1) is 14.8. The van der Waals surface area contributed by atoms with Crippen molar-refractivity contribution >= 4 is 29.3 Å². The molecule has 0 fully saturated rings. The summed E-state index contributed by atoms with van der Waals surface area (Å²) in [5, 5.41) is 16.6. The third kappa shape index (κ3) is 5.80. The van der Waals surface area contributed by atoms with Gasteiger partial charge in [0.1, 0.15) is 5.70 Å². The summed E-state index contributed by atoms with van der Waals surface area (Å²) in [7, 11) is 0. The number of urea groups is 1. The van der Waals surface area contributed by atoms with E-state index in [-0.39, 0.29) is 11.7 Å². The molecule has 3 aromatic rings. The molecule has 3 aromatic carbocycles. The van der Waals surface area contributed by atoms with Gasteiger partial charge in [-0.1, -0.05) is 48.5 Å². The van der Waals surface area contributed by atoms with Crippen molar-refractivity contribution in [2.24, 2.45) is 0 Å². The summed E-state index contributed by atoms with van der Waals surface area (Å²) in [6.45, 7) is 5.25. The van der Waals surface area contributed by atoms with Crippen LogP contribution < -0.4 is 16.0 Å². The van der Waals surface area contributed by atoms with E-state index in [4.69, 9.17) is 5.11 Å². The van der Waals surface area contributed by atoms with Crippen LogP contribution in [0, 0.1) is 6.92 Å². The van der Waals surface area contributed by atoms with E-state index in [9.17, 15) is 14.4 Å². The second kappa shape index (κ2) is 9.41. The summed E-state index contributed by atoms with van der Waals surface area (Å²) in [6.07, 6.45) is 0. The van der Waals surface area contributed by atoms with E-state index in [2.05, 4.69) is 22.5 Å². The lowest BCUT2D eigenvalue weighted by atomic mass is 10.0. The lowest BCUT2D eigenvalue weighted by Gasteiger charge is -2.09. The molecule has 0 aliphatic rings. The van der Waals surface area contributed by atoms with Gasteiger partial charge in [-0.3, -0.25) is 4.79 Å². The number of rotatable bonds is 6. The molecule has 0 heterocycles. The largest absolute Gasteiger partial charge is 0.477 e. The lowest BCUT2D eigenvalue weighted by molar-refractivity contribution is -0.132. The first-order valence-electron chi connectivity index (χ1n) is 9.40. The summed E-state index contributed by atoms with van der Waals surface area (Å²) in [5.74, 6) is -1.83. The zero-order valence-electron chi connectivity index (χ0n) is 16.8. The topological polar surface area (TPSA) is 108 Å². The van der Waals surface area contributed by atoms with Gasteiger partial charge in [0.05, 0.1) is 0 Å². The number of aryl methyl sites for hydroxylation is 1. The van der Waals surface area contributed by atoms with Crippen molar-refractivity contribution in [3.8, 4) is 11.1 Å². The Morgan fingerprint density at radius 1 is 0.742 bits per heavy atom. The van der Waals surface area contributed by atoms with Crippen LogP contribution in [0.2, 0.25) is 0 Å². The van der Waals surface area contributed by atoms with Crippen molar-refractivity contribution in [1.29, 1.82) is 0 Å². The molecule has 3 amide bonds. The Morgan fingerprint density at radius 3 is 1.68 bits per heavy atom. The molecule has 156 valence electrons. The van der Waals surface area contributed by atoms with E-state index in [1.165, 1.54) is 0 Å². The van der Waals surface area contributed by atoms with E-state index in [0.29, 0.717) is 16.9 Å². The molecule has 0 aliphatic heterocycles. The van der Waals surface area contributed by atoms with Crippen LogP contribution in [-0.2, 0) is 4.79 Å². The summed E-state index contributed by atoms with van der Waals surface area (Å²) < 4.78 is 0. The van der Waals surface area contributed by atoms with E-state index in [0.717, 1.165) is 16.7 Å². The van der Waals surface area contributed by atoms with Gasteiger partial charge < -0.3 is 21.1 Å². The molecular formula is C24H21N3O4. The fourth-order valence-corrected chi connectivity index (χ4v) is 2.75. The van der Waals surface area contributed by atoms with Crippen LogP contribution >= 0.6 is 0 Å². The number of carbonyl (C=O) groups is 3. The Kier molecular flexibility index (Phi) is 6.47. The smallest absolute Gasteiger partial charge is 0.351 e. The van der Waals surface area contributed by atoms with Gasteiger partial charge in [0.2, 0.25) is 0 Å². The van der Waals surface area contributed by atoms with Crippen LogP contribution in [-0.4, -0.2) is 23.0 Å². The SMILES string of the molecule is C=C(NC(=O)c1ccc(-c2ccc(NC(=O)Nc3ccc(C)cc3)cc2)cc1)C(=O)O. The molecule has 0 saturated heterocycles. The molecule has 0 bridgehead atoms. The zero-order chi connectivity index (χ0) is 22.4. The summed E-state index contributed by atoms with van der Waals surface area (Å²) in [4.78, 5) is 34.9. The van der Waals surface area contributed by atoms with Gasteiger partial charge in [-0.25, -0.2) is 9.59 Å². The van der Waals surface area contributed by atoms with Gasteiger partial charge >= 0.3 is 12.0 Å². The molecule has 0 unspecified atom stereocenters. The average Bonchev–Trinajstić information content (AvgIpc) is 2.76. The minimum atomic E-state index is -1.29. The van der Waals surface area contributed by atoms with E-state index in [1.807, 2.05) is 43.3 Å². The van der Waals surface area contributed by atoms with Crippen LogP contribution in [0.25, 0.3) is 11.1 Å². The molecule has 4 N–H and O–H groups in total. The van der Waals surface area contributed by atoms with Crippen LogP contribution in [0.4, 0.5) is 16.2 Å². The Bertz CT molecular complexity index is 1120. The van der Waals surface area contributed by atoms with Crippen molar-refractivity contribution in [3.63, 3.8) is 0 Å². The molecule has 0 radical (unpaired) electrons. The number of carbonyl (C=O) groups excluding carboxylic acids is 2. The van der Waals surface area contributed by atoms with Crippen molar-refractivity contribution in [2.75, 3.05) is 10.6 Å². The van der Waals surface area contributed by atoms with Crippen molar-refractivity contribution in [2.45, 2.75) is 6.92 Å². The fraction of sp³-hybridized carbons (Fsp3) is 0.0417. The first kappa shape index (κ1) is 21.3. The van der Waals surface area contributed by atoms with Crippen molar-refractivity contribution in [1.82, 2.24) is 5.32 Å². The van der Waals surface area contributed by atoms with E-state index < -0.39 is 11.9 Å². The predicted octanol–water partition coefficient (Wildman–Crippen LogP) is 4.63. The minimum Gasteiger partial charge on any atom is -0.477 e. The maximum absolute atomic E-state index is 12.1. The minimum absolute atomic E-state index is 0.317. The number of benzene rings is 3. The summed E-state index contributed by atoms with van der Waals surface area (Å²) in [5.41, 5.74) is 4.14. The van der Waals surface area contributed by atoms with Crippen LogP contribution in [0.1, 0.15) is 15.9 Å².